The van der Waals surface area contributed by atoms with Crippen LogP contribution in [-0.2, 0) is 54.7 Å². The van der Waals surface area contributed by atoms with Crippen molar-refractivity contribution in [2.45, 2.75) is 83.1 Å². The topological polar surface area (TPSA) is 102 Å². The number of hydrogen-bond donors (Lipinski definition) is 2. The van der Waals surface area contributed by atoms with Gasteiger partial charge in [0.1, 0.15) is 24.4 Å². The molecule has 1 fully saturated rings. The van der Waals surface area contributed by atoms with E-state index in [-0.39, 0.29) is 19.1 Å². The zero-order valence-corrected chi connectivity index (χ0v) is 30.6. The fraction of sp³-hybridized carbons (Fsp3) is 0.386. The highest BCUT2D eigenvalue weighted by Crippen LogP contribution is 2.32. The predicted octanol–water partition coefficient (Wildman–Crippen LogP) is 7.22. The Morgan fingerprint density at radius 2 is 1.26 bits per heavy atom. The molecule has 9 nitrogen and oxygen atoms in total. The van der Waals surface area contributed by atoms with Crippen LogP contribution in [0.4, 0.5) is 0 Å². The zero-order valence-electron chi connectivity index (χ0n) is 30.6. The van der Waals surface area contributed by atoms with Crippen LogP contribution in [0.5, 0.6) is 0 Å². The minimum absolute atomic E-state index is 0.0552. The number of para-hydroxylation sites is 1. The summed E-state index contributed by atoms with van der Waals surface area (Å²) >= 11 is 0. The number of H-pyrrole nitrogens is 1. The number of aromatic nitrogens is 1. The van der Waals surface area contributed by atoms with Gasteiger partial charge in [-0.3, -0.25) is 4.79 Å². The van der Waals surface area contributed by atoms with E-state index in [1.165, 1.54) is 0 Å². The van der Waals surface area contributed by atoms with Gasteiger partial charge in [0.15, 0.2) is 6.29 Å². The number of amides is 1. The van der Waals surface area contributed by atoms with E-state index < -0.39 is 30.7 Å². The molecule has 9 heteroatoms. The van der Waals surface area contributed by atoms with Gasteiger partial charge in [-0.05, 0) is 54.0 Å². The van der Waals surface area contributed by atoms with E-state index in [1.54, 1.807) is 6.92 Å². The SMILES string of the molecule is CC(=O)N(CCCCCO)C[C@H]1O[C@@H](OCCc2c[nH]c3ccccc23)[C@H](OCc2ccccc2)[C@@H](OCc2ccccc2)[C@@H]1OCc1ccccc1. The molecule has 1 aliphatic rings. The van der Waals surface area contributed by atoms with Crippen LogP contribution in [0.15, 0.2) is 121 Å². The largest absolute Gasteiger partial charge is 0.396 e. The van der Waals surface area contributed by atoms with Gasteiger partial charge in [0.2, 0.25) is 5.91 Å². The normalized spacial score (nSPS) is 20.1. The molecule has 1 aromatic heterocycles. The highest BCUT2D eigenvalue weighted by atomic mass is 16.7. The van der Waals surface area contributed by atoms with Crippen molar-refractivity contribution < 1.29 is 33.6 Å². The first-order valence-corrected chi connectivity index (χ1v) is 18.7. The monoisotopic (exact) mass is 720 g/mol. The number of nitrogens with one attached hydrogen (secondary N) is 1. The molecular weight excluding hydrogens is 668 g/mol. The Morgan fingerprint density at radius 3 is 1.87 bits per heavy atom. The van der Waals surface area contributed by atoms with Crippen molar-refractivity contribution in [1.82, 2.24) is 9.88 Å². The molecule has 0 spiro atoms. The molecule has 2 heterocycles. The maximum absolute atomic E-state index is 13.1. The van der Waals surface area contributed by atoms with E-state index >= 15 is 0 Å². The number of fused-ring (bicyclic) bond motifs is 1. The van der Waals surface area contributed by atoms with Crippen molar-refractivity contribution in [3.63, 3.8) is 0 Å². The van der Waals surface area contributed by atoms with E-state index in [1.807, 2.05) is 114 Å². The number of carbonyl (C=O) groups excluding carboxylic acids is 1. The highest BCUT2D eigenvalue weighted by Gasteiger charge is 2.49. The van der Waals surface area contributed by atoms with Crippen LogP contribution < -0.4 is 0 Å². The third kappa shape index (κ3) is 11.1. The molecular formula is C44H52N2O7. The zero-order chi connectivity index (χ0) is 36.7. The Bertz CT molecular complexity index is 1790. The van der Waals surface area contributed by atoms with Gasteiger partial charge < -0.3 is 38.7 Å². The number of ether oxygens (including phenoxy) is 5. The fourth-order valence-corrected chi connectivity index (χ4v) is 6.84. The number of rotatable bonds is 20. The highest BCUT2D eigenvalue weighted by molar-refractivity contribution is 5.83. The second-order valence-corrected chi connectivity index (χ2v) is 13.6. The maximum Gasteiger partial charge on any atom is 0.219 e. The van der Waals surface area contributed by atoms with E-state index in [4.69, 9.17) is 23.7 Å². The molecule has 4 aromatic carbocycles. The molecule has 0 aliphatic carbocycles. The lowest BCUT2D eigenvalue weighted by atomic mass is 9.96. The van der Waals surface area contributed by atoms with Crippen molar-refractivity contribution in [3.8, 4) is 0 Å². The molecule has 1 aliphatic heterocycles. The summed E-state index contributed by atoms with van der Waals surface area (Å²) < 4.78 is 33.9. The van der Waals surface area contributed by atoms with Crippen LogP contribution in [0.2, 0.25) is 0 Å². The minimum Gasteiger partial charge on any atom is -0.396 e. The van der Waals surface area contributed by atoms with Gasteiger partial charge in [0.05, 0.1) is 26.4 Å². The summed E-state index contributed by atoms with van der Waals surface area (Å²) in [7, 11) is 0. The number of hydrogen-bond acceptors (Lipinski definition) is 7. The van der Waals surface area contributed by atoms with E-state index in [0.29, 0.717) is 45.8 Å². The molecule has 0 radical (unpaired) electrons. The first kappa shape index (κ1) is 38.4. The molecule has 0 bridgehead atoms. The molecule has 1 saturated heterocycles. The Hall–Kier alpha value is -4.35. The predicted molar refractivity (Wildman–Crippen MR) is 205 cm³/mol. The van der Waals surface area contributed by atoms with Crippen LogP contribution in [0.1, 0.15) is 48.4 Å². The van der Waals surface area contributed by atoms with Crippen molar-refractivity contribution in [2.24, 2.45) is 0 Å². The summed E-state index contributed by atoms with van der Waals surface area (Å²) in [5.41, 5.74) is 5.28. The number of benzene rings is 4. The van der Waals surface area contributed by atoms with E-state index in [9.17, 15) is 9.90 Å². The lowest BCUT2D eigenvalue weighted by Crippen LogP contribution is -2.63. The standard InChI is InChI=1S/C44H52N2O7/c1-33(48)46(25-14-5-15-26-47)29-40-41(50-30-34-16-6-2-7-17-34)42(51-31-35-18-8-3-9-19-35)43(52-32-36-20-10-4-11-21-36)44(53-40)49-27-24-37-28-45-39-23-13-12-22-38(37)39/h2-4,6-13,16-23,28,40-45,47H,5,14-15,24-27,29-32H2,1H3/t40-,41-,42+,43-,44-/m1/s1. The summed E-state index contributed by atoms with van der Waals surface area (Å²) in [6.07, 6.45) is 1.70. The van der Waals surface area contributed by atoms with Gasteiger partial charge in [0.25, 0.3) is 0 Å². The first-order valence-electron chi connectivity index (χ1n) is 18.7. The quantitative estimate of drug-likeness (QED) is 0.0819. The summed E-state index contributed by atoms with van der Waals surface area (Å²) in [5.74, 6) is -0.0552. The fourth-order valence-electron chi connectivity index (χ4n) is 6.84. The van der Waals surface area contributed by atoms with E-state index in [2.05, 4.69) is 17.1 Å². The van der Waals surface area contributed by atoms with Gasteiger partial charge in [-0.1, -0.05) is 109 Å². The third-order valence-corrected chi connectivity index (χ3v) is 9.71. The van der Waals surface area contributed by atoms with Crippen molar-refractivity contribution in [2.75, 3.05) is 26.3 Å². The number of carbonyl (C=O) groups is 1. The van der Waals surface area contributed by atoms with E-state index in [0.717, 1.165) is 46.0 Å². The van der Waals surface area contributed by atoms with Gasteiger partial charge in [-0.25, -0.2) is 0 Å². The lowest BCUT2D eigenvalue weighted by molar-refractivity contribution is -0.324. The van der Waals surface area contributed by atoms with Crippen LogP contribution in [0, 0.1) is 0 Å². The van der Waals surface area contributed by atoms with Crippen LogP contribution >= 0.6 is 0 Å². The first-order chi connectivity index (χ1) is 26.1. The number of aliphatic hydroxyl groups is 1. The summed E-state index contributed by atoms with van der Waals surface area (Å²) in [6.45, 7) is 3.89. The molecule has 6 rings (SSSR count). The molecule has 5 atom stereocenters. The minimum atomic E-state index is -0.811. The Balaban J connectivity index is 1.31. The van der Waals surface area contributed by atoms with Crippen molar-refractivity contribution >= 4 is 16.8 Å². The van der Waals surface area contributed by atoms with Gasteiger partial charge in [0, 0.05) is 43.7 Å². The second kappa shape index (κ2) is 20.2. The Kier molecular flexibility index (Phi) is 14.6. The summed E-state index contributed by atoms with van der Waals surface area (Å²) in [4.78, 5) is 18.2. The molecule has 53 heavy (non-hydrogen) atoms. The number of aliphatic hydroxyl groups excluding tert-OH is 1. The number of aromatic amines is 1. The number of unbranched alkanes of at least 4 members (excludes halogenated alkanes) is 2. The maximum atomic E-state index is 13.1. The van der Waals surface area contributed by atoms with Gasteiger partial charge >= 0.3 is 0 Å². The smallest absolute Gasteiger partial charge is 0.219 e. The number of nitrogens with zero attached hydrogens (tertiary/aromatic N) is 1. The van der Waals surface area contributed by atoms with Gasteiger partial charge in [-0.15, -0.1) is 0 Å². The molecule has 5 aromatic rings. The molecule has 2 N–H and O–H groups in total. The molecule has 0 saturated carbocycles. The average Bonchev–Trinajstić information content (AvgIpc) is 3.61. The van der Waals surface area contributed by atoms with Gasteiger partial charge in [-0.2, -0.15) is 0 Å². The second-order valence-electron chi connectivity index (χ2n) is 13.6. The third-order valence-electron chi connectivity index (χ3n) is 9.71. The molecule has 0 unspecified atom stereocenters. The summed E-state index contributed by atoms with van der Waals surface area (Å²) in [6, 6.07) is 38.3. The summed E-state index contributed by atoms with van der Waals surface area (Å²) in [5, 5.41) is 10.5. The lowest BCUT2D eigenvalue weighted by Gasteiger charge is -2.47. The Morgan fingerprint density at radius 1 is 0.698 bits per heavy atom. The van der Waals surface area contributed by atoms with Crippen molar-refractivity contribution in [1.29, 1.82) is 0 Å². The average molecular weight is 721 g/mol. The van der Waals surface area contributed by atoms with Crippen LogP contribution in [-0.4, -0.2) is 77.9 Å². The van der Waals surface area contributed by atoms with Crippen molar-refractivity contribution in [3.05, 3.63) is 144 Å². The Labute approximate surface area is 312 Å². The van der Waals surface area contributed by atoms with Crippen LogP contribution in [0.3, 0.4) is 0 Å². The van der Waals surface area contributed by atoms with Crippen LogP contribution in [0.25, 0.3) is 10.9 Å². The molecule has 280 valence electrons. The molecule has 1 amide bonds.